The van der Waals surface area contributed by atoms with Gasteiger partial charge >= 0.3 is 0 Å². The molecule has 0 bridgehead atoms. The van der Waals surface area contributed by atoms with Crippen LogP contribution in [0.2, 0.25) is 0 Å². The highest BCUT2D eigenvalue weighted by atomic mass is 32.1. The first-order chi connectivity index (χ1) is 12.7. The number of benzene rings is 1. The van der Waals surface area contributed by atoms with E-state index in [4.69, 9.17) is 4.74 Å². The molecule has 2 amide bonds. The molecule has 26 heavy (non-hydrogen) atoms. The Kier molecular flexibility index (Phi) is 5.93. The van der Waals surface area contributed by atoms with Crippen LogP contribution >= 0.6 is 11.3 Å². The number of likely N-dealkylation sites (tertiary alicyclic amines) is 1. The average Bonchev–Trinajstić information content (AvgIpc) is 3.18. The van der Waals surface area contributed by atoms with Gasteiger partial charge in [0.05, 0.1) is 0 Å². The van der Waals surface area contributed by atoms with E-state index in [0.717, 1.165) is 5.56 Å². The SMILES string of the molecule is CCN(CC)C(=O)CCN1C(=O)C(Oc2ccccc2)C1c1ccsc1. The van der Waals surface area contributed by atoms with Gasteiger partial charge in [-0.05, 0) is 48.4 Å². The van der Waals surface area contributed by atoms with Crippen molar-refractivity contribution in [1.29, 1.82) is 0 Å². The van der Waals surface area contributed by atoms with Gasteiger partial charge in [0.1, 0.15) is 11.8 Å². The summed E-state index contributed by atoms with van der Waals surface area (Å²) in [5, 5.41) is 4.04. The van der Waals surface area contributed by atoms with E-state index in [0.29, 0.717) is 31.8 Å². The molecule has 2 atom stereocenters. The monoisotopic (exact) mass is 372 g/mol. The Balaban J connectivity index is 1.69. The van der Waals surface area contributed by atoms with Gasteiger partial charge in [0.2, 0.25) is 12.0 Å². The summed E-state index contributed by atoms with van der Waals surface area (Å²) in [6.45, 7) is 5.74. The molecule has 1 fully saturated rings. The molecule has 0 aliphatic carbocycles. The van der Waals surface area contributed by atoms with Crippen LogP contribution in [0.25, 0.3) is 0 Å². The molecule has 2 aromatic rings. The molecule has 0 saturated carbocycles. The molecule has 2 unspecified atom stereocenters. The molecule has 1 aliphatic rings. The van der Waals surface area contributed by atoms with Crippen molar-refractivity contribution in [3.8, 4) is 5.75 Å². The van der Waals surface area contributed by atoms with Crippen LogP contribution in [0.5, 0.6) is 5.75 Å². The second-order valence-electron chi connectivity index (χ2n) is 6.20. The maximum absolute atomic E-state index is 12.7. The third-order valence-electron chi connectivity index (χ3n) is 4.72. The first-order valence-electron chi connectivity index (χ1n) is 8.97. The van der Waals surface area contributed by atoms with Gasteiger partial charge in [0, 0.05) is 26.1 Å². The fraction of sp³-hybridized carbons (Fsp3) is 0.400. The van der Waals surface area contributed by atoms with Crippen molar-refractivity contribution < 1.29 is 14.3 Å². The van der Waals surface area contributed by atoms with Crippen LogP contribution < -0.4 is 4.74 Å². The van der Waals surface area contributed by atoms with Crippen molar-refractivity contribution in [3.05, 3.63) is 52.7 Å². The van der Waals surface area contributed by atoms with E-state index < -0.39 is 6.10 Å². The Labute approximate surface area is 158 Å². The Hall–Kier alpha value is -2.34. The Bertz CT molecular complexity index is 729. The van der Waals surface area contributed by atoms with Crippen LogP contribution in [0.15, 0.2) is 47.2 Å². The Morgan fingerprint density at radius 1 is 1.19 bits per heavy atom. The average molecular weight is 372 g/mol. The van der Waals surface area contributed by atoms with Crippen LogP contribution in [0.3, 0.4) is 0 Å². The summed E-state index contributed by atoms with van der Waals surface area (Å²) in [6, 6.07) is 11.3. The summed E-state index contributed by atoms with van der Waals surface area (Å²) in [6.07, 6.45) is -0.192. The van der Waals surface area contributed by atoms with Crippen LogP contribution in [0.4, 0.5) is 0 Å². The third kappa shape index (κ3) is 3.75. The minimum Gasteiger partial charge on any atom is -0.478 e. The van der Waals surface area contributed by atoms with Crippen molar-refractivity contribution in [3.63, 3.8) is 0 Å². The van der Waals surface area contributed by atoms with Crippen LogP contribution in [0, 0.1) is 0 Å². The second-order valence-corrected chi connectivity index (χ2v) is 6.98. The number of nitrogens with zero attached hydrogens (tertiary/aromatic N) is 2. The first kappa shape index (κ1) is 18.5. The second kappa shape index (κ2) is 8.36. The lowest BCUT2D eigenvalue weighted by molar-refractivity contribution is -0.164. The smallest absolute Gasteiger partial charge is 0.266 e. The van der Waals surface area contributed by atoms with Gasteiger partial charge in [0.25, 0.3) is 5.91 Å². The molecule has 138 valence electrons. The topological polar surface area (TPSA) is 49.9 Å². The molecule has 0 N–H and O–H groups in total. The minimum absolute atomic E-state index is 0.0580. The van der Waals surface area contributed by atoms with E-state index in [1.54, 1.807) is 21.1 Å². The number of amides is 2. The summed E-state index contributed by atoms with van der Waals surface area (Å²) < 4.78 is 5.94. The predicted octanol–water partition coefficient (Wildman–Crippen LogP) is 3.34. The van der Waals surface area contributed by atoms with E-state index >= 15 is 0 Å². The van der Waals surface area contributed by atoms with Gasteiger partial charge in [-0.1, -0.05) is 18.2 Å². The predicted molar refractivity (Wildman–Crippen MR) is 102 cm³/mol. The molecule has 0 radical (unpaired) electrons. The third-order valence-corrected chi connectivity index (χ3v) is 5.42. The molecule has 6 heteroatoms. The van der Waals surface area contributed by atoms with Crippen molar-refractivity contribution >= 4 is 23.2 Å². The van der Waals surface area contributed by atoms with Gasteiger partial charge in [-0.2, -0.15) is 11.3 Å². The number of carbonyl (C=O) groups is 2. The minimum atomic E-state index is -0.532. The van der Waals surface area contributed by atoms with Crippen LogP contribution in [-0.2, 0) is 9.59 Å². The largest absolute Gasteiger partial charge is 0.478 e. The summed E-state index contributed by atoms with van der Waals surface area (Å²) in [7, 11) is 0. The zero-order chi connectivity index (χ0) is 18.5. The lowest BCUT2D eigenvalue weighted by Crippen LogP contribution is -2.61. The maximum Gasteiger partial charge on any atom is 0.266 e. The highest BCUT2D eigenvalue weighted by molar-refractivity contribution is 7.08. The normalized spacial score (nSPS) is 19.2. The fourth-order valence-corrected chi connectivity index (χ4v) is 3.96. The molecule has 1 aromatic carbocycles. The highest BCUT2D eigenvalue weighted by Gasteiger charge is 2.50. The molecule has 5 nitrogen and oxygen atoms in total. The van der Waals surface area contributed by atoms with Crippen LogP contribution in [-0.4, -0.2) is 47.4 Å². The zero-order valence-electron chi connectivity index (χ0n) is 15.1. The molecule has 1 aliphatic heterocycles. The van der Waals surface area contributed by atoms with Gasteiger partial charge in [-0.15, -0.1) is 0 Å². The van der Waals surface area contributed by atoms with Crippen molar-refractivity contribution in [1.82, 2.24) is 9.80 Å². The number of ether oxygens (including phenoxy) is 1. The van der Waals surface area contributed by atoms with Crippen molar-refractivity contribution in [2.75, 3.05) is 19.6 Å². The van der Waals surface area contributed by atoms with Gasteiger partial charge in [0.15, 0.2) is 0 Å². The number of carbonyl (C=O) groups excluding carboxylic acids is 2. The quantitative estimate of drug-likeness (QED) is 0.668. The standard InChI is InChI=1S/C20H24N2O3S/c1-3-21(4-2)17(23)10-12-22-18(15-11-13-26-14-15)19(20(22)24)25-16-8-6-5-7-9-16/h5-9,11,13-14,18-19H,3-4,10,12H2,1-2H3. The van der Waals surface area contributed by atoms with Crippen molar-refractivity contribution in [2.45, 2.75) is 32.4 Å². The molecule has 0 spiro atoms. The molecule has 1 saturated heterocycles. The van der Waals surface area contributed by atoms with E-state index in [2.05, 4.69) is 0 Å². The summed E-state index contributed by atoms with van der Waals surface area (Å²) >= 11 is 1.60. The van der Waals surface area contributed by atoms with E-state index in [9.17, 15) is 9.59 Å². The fourth-order valence-electron chi connectivity index (χ4n) is 3.28. The first-order valence-corrected chi connectivity index (χ1v) is 9.92. The van der Waals surface area contributed by atoms with Gasteiger partial charge < -0.3 is 14.5 Å². The number of thiophene rings is 1. The number of hydrogen-bond acceptors (Lipinski definition) is 4. The number of β-lactam (4-membered cyclic amide) rings is 1. The Morgan fingerprint density at radius 3 is 2.54 bits per heavy atom. The zero-order valence-corrected chi connectivity index (χ0v) is 15.9. The van der Waals surface area contributed by atoms with Crippen LogP contribution in [0.1, 0.15) is 31.9 Å². The molecule has 1 aromatic heterocycles. The Morgan fingerprint density at radius 2 is 1.92 bits per heavy atom. The lowest BCUT2D eigenvalue weighted by Gasteiger charge is -2.46. The van der Waals surface area contributed by atoms with E-state index in [1.165, 1.54) is 0 Å². The van der Waals surface area contributed by atoms with Gasteiger partial charge in [-0.25, -0.2) is 0 Å². The maximum atomic E-state index is 12.7. The van der Waals surface area contributed by atoms with Crippen molar-refractivity contribution in [2.24, 2.45) is 0 Å². The molecular formula is C20H24N2O3S. The number of hydrogen-bond donors (Lipinski definition) is 0. The molecule has 2 heterocycles. The van der Waals surface area contributed by atoms with E-state index in [1.807, 2.05) is 61.0 Å². The lowest BCUT2D eigenvalue weighted by atomic mass is 9.92. The summed E-state index contributed by atoms with van der Waals surface area (Å²) in [5.74, 6) is 0.710. The number of rotatable bonds is 8. The summed E-state index contributed by atoms with van der Waals surface area (Å²) in [5.41, 5.74) is 1.06. The highest BCUT2D eigenvalue weighted by Crippen LogP contribution is 2.38. The van der Waals surface area contributed by atoms with Gasteiger partial charge in [-0.3, -0.25) is 9.59 Å². The molecule has 3 rings (SSSR count). The number of para-hydroxylation sites is 1. The summed E-state index contributed by atoms with van der Waals surface area (Å²) in [4.78, 5) is 28.5. The molecular weight excluding hydrogens is 348 g/mol. The van der Waals surface area contributed by atoms with E-state index in [-0.39, 0.29) is 17.9 Å².